The Kier molecular flexibility index (Phi) is 6.68. The summed E-state index contributed by atoms with van der Waals surface area (Å²) in [6, 6.07) is 4.79. The van der Waals surface area contributed by atoms with Crippen molar-refractivity contribution in [1.82, 2.24) is 0 Å². The Balaban J connectivity index is 3.09. The van der Waals surface area contributed by atoms with Crippen LogP contribution < -0.4 is 11.1 Å². The minimum atomic E-state index is -2.39. The third-order valence-corrected chi connectivity index (χ3v) is 9.19. The van der Waals surface area contributed by atoms with Gasteiger partial charge in [0.1, 0.15) is 12.1 Å². The highest BCUT2D eigenvalue weighted by Gasteiger charge is 2.41. The lowest BCUT2D eigenvalue weighted by Crippen LogP contribution is -2.45. The van der Waals surface area contributed by atoms with Crippen LogP contribution in [0.5, 0.6) is 0 Å². The van der Waals surface area contributed by atoms with Gasteiger partial charge in [-0.3, -0.25) is 4.79 Å². The second-order valence-electron chi connectivity index (χ2n) is 7.86. The number of primary amides is 1. The van der Waals surface area contributed by atoms with E-state index >= 15 is 0 Å². The topological polar surface area (TPSA) is 99.1 Å². The predicted octanol–water partition coefficient (Wildman–Crippen LogP) is 3.79. The number of hydrogen-bond donors (Lipinski definition) is 3. The molecular formula is C18H28ClN3O2Si. The second-order valence-corrected chi connectivity index (χ2v) is 12.7. The number of rotatable bonds is 7. The molecule has 0 spiro atoms. The monoisotopic (exact) mass is 381 g/mol. The highest BCUT2D eigenvalue weighted by molar-refractivity contribution is 6.72. The van der Waals surface area contributed by atoms with Crippen molar-refractivity contribution in [1.29, 1.82) is 5.26 Å². The molecule has 0 heterocycles. The van der Waals surface area contributed by atoms with E-state index in [1.165, 1.54) is 0 Å². The van der Waals surface area contributed by atoms with Gasteiger partial charge in [0.15, 0.2) is 8.32 Å². The van der Waals surface area contributed by atoms with E-state index in [1.54, 1.807) is 19.1 Å². The van der Waals surface area contributed by atoms with Crippen molar-refractivity contribution in [3.05, 3.63) is 28.3 Å². The molecule has 5 nitrogen and oxygen atoms in total. The minimum Gasteiger partial charge on any atom is -0.432 e. The number of benzene rings is 1. The van der Waals surface area contributed by atoms with Gasteiger partial charge in [-0.25, -0.2) is 0 Å². The maximum Gasteiger partial charge on any atom is 0.240 e. The van der Waals surface area contributed by atoms with Crippen molar-refractivity contribution in [2.45, 2.75) is 58.3 Å². The van der Waals surface area contributed by atoms with E-state index in [2.05, 4.69) is 5.32 Å². The fourth-order valence-corrected chi connectivity index (χ4v) is 3.79. The standard InChI is InChI=1S/C18H28ClN3O2Si/c1-11(9-18(3,4)25(5,6)24)16(17(21)23)22-14-8-7-13(10-20)15(19)12(14)2/h7-8,11,16,22,24H,9H2,1-6H3,(H2,21,23)/t11-,16-/m1/s1. The first kappa shape index (κ1) is 21.5. The van der Waals surface area contributed by atoms with Crippen LogP contribution in [0.1, 0.15) is 38.3 Å². The van der Waals surface area contributed by atoms with Gasteiger partial charge in [-0.15, -0.1) is 0 Å². The van der Waals surface area contributed by atoms with Crippen molar-refractivity contribution in [3.63, 3.8) is 0 Å². The van der Waals surface area contributed by atoms with Gasteiger partial charge in [-0.05, 0) is 55.1 Å². The van der Waals surface area contributed by atoms with Crippen LogP contribution in [0.25, 0.3) is 0 Å². The largest absolute Gasteiger partial charge is 0.432 e. The van der Waals surface area contributed by atoms with Crippen molar-refractivity contribution in [2.75, 3.05) is 5.32 Å². The van der Waals surface area contributed by atoms with Crippen LogP contribution in [-0.4, -0.2) is 25.1 Å². The molecule has 0 unspecified atom stereocenters. The van der Waals surface area contributed by atoms with Gasteiger partial charge in [-0.2, -0.15) is 5.26 Å². The lowest BCUT2D eigenvalue weighted by atomic mass is 9.90. The summed E-state index contributed by atoms with van der Waals surface area (Å²) in [7, 11) is -2.39. The summed E-state index contributed by atoms with van der Waals surface area (Å²) in [6.45, 7) is 11.6. The number of hydrogen-bond acceptors (Lipinski definition) is 4. The highest BCUT2D eigenvalue weighted by Crippen LogP contribution is 2.42. The van der Waals surface area contributed by atoms with Gasteiger partial charge in [0.2, 0.25) is 5.91 Å². The molecule has 0 bridgehead atoms. The summed E-state index contributed by atoms with van der Waals surface area (Å²) in [5, 5.41) is 12.3. The molecular weight excluding hydrogens is 354 g/mol. The van der Waals surface area contributed by atoms with E-state index in [-0.39, 0.29) is 11.0 Å². The van der Waals surface area contributed by atoms with E-state index in [1.807, 2.05) is 39.9 Å². The van der Waals surface area contributed by atoms with Crippen LogP contribution in [0.4, 0.5) is 5.69 Å². The first-order chi connectivity index (χ1) is 11.3. The molecule has 0 fully saturated rings. The Morgan fingerprint density at radius 3 is 2.48 bits per heavy atom. The molecule has 0 saturated heterocycles. The quantitative estimate of drug-likeness (QED) is 0.625. The number of halogens is 1. The van der Waals surface area contributed by atoms with Crippen molar-refractivity contribution < 1.29 is 9.59 Å². The first-order valence-electron chi connectivity index (χ1n) is 8.29. The second kappa shape index (κ2) is 7.77. The third-order valence-electron chi connectivity index (χ3n) is 5.18. The molecule has 1 amide bonds. The van der Waals surface area contributed by atoms with Crippen LogP contribution in [-0.2, 0) is 4.79 Å². The average Bonchev–Trinajstić information content (AvgIpc) is 2.46. The Hall–Kier alpha value is -1.55. The summed E-state index contributed by atoms with van der Waals surface area (Å²) in [4.78, 5) is 22.5. The predicted molar refractivity (Wildman–Crippen MR) is 105 cm³/mol. The molecule has 138 valence electrons. The molecule has 1 aromatic rings. The third kappa shape index (κ3) is 4.97. The molecule has 4 N–H and O–H groups in total. The summed E-state index contributed by atoms with van der Waals surface area (Å²) >= 11 is 6.20. The first-order valence-corrected chi connectivity index (χ1v) is 11.6. The molecule has 0 aliphatic carbocycles. The molecule has 7 heteroatoms. The lowest BCUT2D eigenvalue weighted by Gasteiger charge is -2.38. The fraction of sp³-hybridized carbons (Fsp3) is 0.556. The maximum atomic E-state index is 12.0. The fourth-order valence-electron chi connectivity index (χ4n) is 2.76. The number of nitrogens with one attached hydrogen (secondary N) is 1. The zero-order valence-corrected chi connectivity index (χ0v) is 17.5. The Morgan fingerprint density at radius 2 is 2.04 bits per heavy atom. The Labute approximate surface area is 156 Å². The van der Waals surface area contributed by atoms with Gasteiger partial charge in [0.05, 0.1) is 10.6 Å². The maximum absolute atomic E-state index is 12.0. The molecule has 0 aliphatic heterocycles. The van der Waals surface area contributed by atoms with Crippen molar-refractivity contribution in [2.24, 2.45) is 11.7 Å². The number of anilines is 1. The average molecular weight is 382 g/mol. The van der Waals surface area contributed by atoms with Crippen LogP contribution in [0, 0.1) is 24.2 Å². The number of carbonyl (C=O) groups is 1. The molecule has 0 radical (unpaired) electrons. The summed E-state index contributed by atoms with van der Waals surface area (Å²) < 4.78 is 0. The normalized spacial score (nSPS) is 14.5. The molecule has 2 atom stereocenters. The van der Waals surface area contributed by atoms with E-state index in [0.717, 1.165) is 0 Å². The highest BCUT2D eigenvalue weighted by atomic mass is 35.5. The van der Waals surface area contributed by atoms with Crippen molar-refractivity contribution >= 4 is 31.5 Å². The summed E-state index contributed by atoms with van der Waals surface area (Å²) in [6.07, 6.45) is 0.659. The Morgan fingerprint density at radius 1 is 1.48 bits per heavy atom. The zero-order valence-electron chi connectivity index (χ0n) is 15.8. The molecule has 0 saturated carbocycles. The van der Waals surface area contributed by atoms with E-state index in [9.17, 15) is 9.59 Å². The number of amides is 1. The Bertz CT molecular complexity index is 693. The molecule has 0 aromatic heterocycles. The number of nitrogens with two attached hydrogens (primary N) is 1. The van der Waals surface area contributed by atoms with Crippen molar-refractivity contribution in [3.8, 4) is 6.07 Å². The smallest absolute Gasteiger partial charge is 0.240 e. The van der Waals surface area contributed by atoms with Crippen LogP contribution in [0.3, 0.4) is 0 Å². The zero-order chi connectivity index (χ0) is 19.6. The van der Waals surface area contributed by atoms with E-state index < -0.39 is 20.3 Å². The summed E-state index contributed by atoms with van der Waals surface area (Å²) in [5.74, 6) is -0.541. The molecule has 1 rings (SSSR count). The number of nitriles is 1. The van der Waals surface area contributed by atoms with Crippen LogP contribution >= 0.6 is 11.6 Å². The van der Waals surface area contributed by atoms with E-state index in [0.29, 0.717) is 28.3 Å². The van der Waals surface area contributed by atoms with Crippen LogP contribution in [0.2, 0.25) is 23.2 Å². The minimum absolute atomic E-state index is 0.0831. The van der Waals surface area contributed by atoms with Gasteiger partial charge in [0.25, 0.3) is 0 Å². The van der Waals surface area contributed by atoms with Gasteiger partial charge in [-0.1, -0.05) is 32.4 Å². The van der Waals surface area contributed by atoms with E-state index in [4.69, 9.17) is 22.6 Å². The molecule has 1 aromatic carbocycles. The molecule has 25 heavy (non-hydrogen) atoms. The van der Waals surface area contributed by atoms with Crippen LogP contribution in [0.15, 0.2) is 12.1 Å². The van der Waals surface area contributed by atoms with Gasteiger partial charge in [0, 0.05) is 5.69 Å². The number of carbonyl (C=O) groups excluding carboxylic acids is 1. The van der Waals surface area contributed by atoms with Gasteiger partial charge >= 0.3 is 0 Å². The number of nitrogens with zero attached hydrogens (tertiary/aromatic N) is 1. The lowest BCUT2D eigenvalue weighted by molar-refractivity contribution is -0.119. The van der Waals surface area contributed by atoms with Gasteiger partial charge < -0.3 is 15.8 Å². The molecule has 0 aliphatic rings. The summed E-state index contributed by atoms with van der Waals surface area (Å²) in [5.41, 5.74) is 7.39. The SMILES string of the molecule is Cc1c(N[C@@H](C(N)=O)[C@H](C)CC(C)(C)[Si](C)(C)O)ccc(C#N)c1Cl.